The number of aryl methyl sites for hydroxylation is 2. The number of hydrogen-bond donors (Lipinski definition) is 0. The minimum absolute atomic E-state index is 0.244. The first-order valence-corrected chi connectivity index (χ1v) is 14.1. The molecule has 0 amide bonds. The molecule has 0 unspecified atom stereocenters. The van der Waals surface area contributed by atoms with Gasteiger partial charge in [0.25, 0.3) is 0 Å². The Kier molecular flexibility index (Phi) is 9.96. The number of benzene rings is 4. The van der Waals surface area contributed by atoms with Crippen molar-refractivity contribution in [2.24, 2.45) is 0 Å². The summed E-state index contributed by atoms with van der Waals surface area (Å²) >= 11 is 0. The molecule has 0 aliphatic rings. The van der Waals surface area contributed by atoms with E-state index in [1.807, 2.05) is 30.3 Å². The number of unbranched alkanes of at least 4 members (excludes halogenated alkanes) is 6. The van der Waals surface area contributed by atoms with Crippen LogP contribution in [-0.4, -0.2) is 0 Å². The Morgan fingerprint density at radius 3 is 1.78 bits per heavy atom. The summed E-state index contributed by atoms with van der Waals surface area (Å²) in [6.07, 6.45) is 12.4. The first-order chi connectivity index (χ1) is 18.2. The Hall–Kier alpha value is -3.37. The van der Waals surface area contributed by atoms with E-state index in [2.05, 4.69) is 68.2 Å². The zero-order valence-corrected chi connectivity index (χ0v) is 22.5. The zero-order chi connectivity index (χ0) is 25.9. The van der Waals surface area contributed by atoms with Crippen molar-refractivity contribution in [2.75, 3.05) is 0 Å². The van der Waals surface area contributed by atoms with Gasteiger partial charge in [-0.25, -0.2) is 4.39 Å². The molecular weight excluding hydrogens is 451 g/mol. The van der Waals surface area contributed by atoms with Gasteiger partial charge < -0.3 is 0 Å². The third kappa shape index (κ3) is 7.56. The van der Waals surface area contributed by atoms with Gasteiger partial charge in [0, 0.05) is 10.9 Å². The van der Waals surface area contributed by atoms with Crippen LogP contribution in [0.1, 0.15) is 87.5 Å². The van der Waals surface area contributed by atoms with E-state index in [0.717, 1.165) is 34.9 Å². The lowest BCUT2D eigenvalue weighted by molar-refractivity contribution is 0.636. The third-order valence-corrected chi connectivity index (χ3v) is 7.17. The van der Waals surface area contributed by atoms with Gasteiger partial charge in [0.1, 0.15) is 5.82 Å². The summed E-state index contributed by atoms with van der Waals surface area (Å²) in [5, 5.41) is 1.52. The maximum Gasteiger partial charge on any atom is 0.146 e. The van der Waals surface area contributed by atoms with E-state index in [-0.39, 0.29) is 5.82 Å². The van der Waals surface area contributed by atoms with Crippen molar-refractivity contribution in [2.45, 2.75) is 78.1 Å². The monoisotopic (exact) mass is 490 g/mol. The van der Waals surface area contributed by atoms with Crippen LogP contribution in [0.4, 0.5) is 4.39 Å². The molecule has 4 aromatic rings. The number of fused-ring (bicyclic) bond motifs is 1. The molecule has 4 rings (SSSR count). The van der Waals surface area contributed by atoms with Crippen molar-refractivity contribution < 1.29 is 4.39 Å². The molecule has 37 heavy (non-hydrogen) atoms. The normalized spacial score (nSPS) is 10.9. The SMILES string of the molecule is CCCCCCc1ccc(C#Cc2ccc3cc(-c4ccc(CCCCCC)cc4)ccc3c2F)cc1. The first kappa shape index (κ1) is 26.7. The summed E-state index contributed by atoms with van der Waals surface area (Å²) in [7, 11) is 0. The van der Waals surface area contributed by atoms with Crippen LogP contribution in [0.5, 0.6) is 0 Å². The fraction of sp³-hybridized carbons (Fsp3) is 0.333. The van der Waals surface area contributed by atoms with E-state index in [1.54, 1.807) is 6.07 Å². The predicted molar refractivity (Wildman–Crippen MR) is 157 cm³/mol. The van der Waals surface area contributed by atoms with Crippen LogP contribution in [0.25, 0.3) is 21.9 Å². The summed E-state index contributed by atoms with van der Waals surface area (Å²) in [4.78, 5) is 0. The first-order valence-electron chi connectivity index (χ1n) is 14.1. The Bertz CT molecular complexity index is 1330. The molecule has 0 fully saturated rings. The maximum absolute atomic E-state index is 15.3. The maximum atomic E-state index is 15.3. The Morgan fingerprint density at radius 2 is 1.16 bits per heavy atom. The summed E-state index contributed by atoms with van der Waals surface area (Å²) in [5.74, 6) is 5.95. The van der Waals surface area contributed by atoms with Gasteiger partial charge in [0.2, 0.25) is 0 Å². The largest absolute Gasteiger partial charge is 0.205 e. The van der Waals surface area contributed by atoms with E-state index >= 15 is 4.39 Å². The average Bonchev–Trinajstić information content (AvgIpc) is 2.94. The van der Waals surface area contributed by atoms with Gasteiger partial charge in [-0.15, -0.1) is 0 Å². The Labute approximate surface area is 223 Å². The molecule has 0 heterocycles. The van der Waals surface area contributed by atoms with Crippen LogP contribution in [0.15, 0.2) is 78.9 Å². The van der Waals surface area contributed by atoms with Gasteiger partial charge >= 0.3 is 0 Å². The Balaban J connectivity index is 1.44. The quantitative estimate of drug-likeness (QED) is 0.145. The highest BCUT2D eigenvalue weighted by Crippen LogP contribution is 2.28. The molecule has 0 aliphatic carbocycles. The highest BCUT2D eigenvalue weighted by molar-refractivity contribution is 5.89. The van der Waals surface area contributed by atoms with Crippen molar-refractivity contribution in [3.8, 4) is 23.0 Å². The second kappa shape index (κ2) is 13.8. The van der Waals surface area contributed by atoms with Crippen molar-refractivity contribution in [3.05, 3.63) is 107 Å². The molecule has 190 valence electrons. The van der Waals surface area contributed by atoms with Crippen molar-refractivity contribution in [1.82, 2.24) is 0 Å². The highest BCUT2D eigenvalue weighted by atomic mass is 19.1. The van der Waals surface area contributed by atoms with E-state index in [0.29, 0.717) is 10.9 Å². The lowest BCUT2D eigenvalue weighted by Crippen LogP contribution is -1.89. The predicted octanol–water partition coefficient (Wildman–Crippen LogP) is 10.3. The molecule has 0 nitrogen and oxygen atoms in total. The molecule has 0 saturated heterocycles. The lowest BCUT2D eigenvalue weighted by atomic mass is 9.97. The van der Waals surface area contributed by atoms with Gasteiger partial charge in [-0.1, -0.05) is 119 Å². The molecule has 0 N–H and O–H groups in total. The van der Waals surface area contributed by atoms with E-state index in [9.17, 15) is 0 Å². The van der Waals surface area contributed by atoms with E-state index in [1.165, 1.54) is 62.5 Å². The van der Waals surface area contributed by atoms with Crippen molar-refractivity contribution in [3.63, 3.8) is 0 Å². The second-order valence-corrected chi connectivity index (χ2v) is 10.1. The molecule has 0 aliphatic heterocycles. The molecule has 0 saturated carbocycles. The van der Waals surface area contributed by atoms with Crippen LogP contribution in [-0.2, 0) is 12.8 Å². The van der Waals surface area contributed by atoms with Crippen molar-refractivity contribution in [1.29, 1.82) is 0 Å². The van der Waals surface area contributed by atoms with Crippen LogP contribution >= 0.6 is 0 Å². The molecule has 0 spiro atoms. The minimum atomic E-state index is -0.244. The summed E-state index contributed by atoms with van der Waals surface area (Å²) in [6, 6.07) is 27.0. The van der Waals surface area contributed by atoms with Gasteiger partial charge in [-0.05, 0) is 77.6 Å². The third-order valence-electron chi connectivity index (χ3n) is 7.17. The zero-order valence-electron chi connectivity index (χ0n) is 22.5. The highest BCUT2D eigenvalue weighted by Gasteiger charge is 2.08. The summed E-state index contributed by atoms with van der Waals surface area (Å²) < 4.78 is 15.3. The van der Waals surface area contributed by atoms with Gasteiger partial charge in [-0.3, -0.25) is 0 Å². The van der Waals surface area contributed by atoms with E-state index < -0.39 is 0 Å². The van der Waals surface area contributed by atoms with Gasteiger partial charge in [-0.2, -0.15) is 0 Å². The summed E-state index contributed by atoms with van der Waals surface area (Å²) in [6.45, 7) is 4.48. The smallest absolute Gasteiger partial charge is 0.146 e. The number of rotatable bonds is 11. The van der Waals surface area contributed by atoms with Gasteiger partial charge in [0.05, 0.1) is 5.56 Å². The number of halogens is 1. The molecular formula is C36H39F. The Morgan fingerprint density at radius 1 is 0.568 bits per heavy atom. The van der Waals surface area contributed by atoms with E-state index in [4.69, 9.17) is 0 Å². The molecule has 0 atom stereocenters. The van der Waals surface area contributed by atoms with Crippen LogP contribution in [0, 0.1) is 17.7 Å². The lowest BCUT2D eigenvalue weighted by Gasteiger charge is -2.08. The topological polar surface area (TPSA) is 0 Å². The summed E-state index contributed by atoms with van der Waals surface area (Å²) in [5.41, 5.74) is 6.36. The van der Waals surface area contributed by atoms with Crippen LogP contribution < -0.4 is 0 Å². The molecule has 4 aromatic carbocycles. The minimum Gasteiger partial charge on any atom is -0.205 e. The molecule has 1 heteroatoms. The van der Waals surface area contributed by atoms with Crippen LogP contribution in [0.2, 0.25) is 0 Å². The molecule has 0 radical (unpaired) electrons. The molecule has 0 bridgehead atoms. The van der Waals surface area contributed by atoms with Crippen LogP contribution in [0.3, 0.4) is 0 Å². The fourth-order valence-corrected chi connectivity index (χ4v) is 4.84. The second-order valence-electron chi connectivity index (χ2n) is 10.1. The standard InChI is InChI=1S/C36H39F/c1-3-5-7-9-11-28-13-15-30(16-14-28)19-22-32-23-24-34-27-33(25-26-35(34)36(32)37)31-20-17-29(18-21-31)12-10-8-6-4-2/h13-18,20-21,23-27H,3-12H2,1-2H3. The van der Waals surface area contributed by atoms with Crippen molar-refractivity contribution >= 4 is 10.8 Å². The van der Waals surface area contributed by atoms with Gasteiger partial charge in [0.15, 0.2) is 0 Å². The fourth-order valence-electron chi connectivity index (χ4n) is 4.84. The average molecular weight is 491 g/mol. The number of hydrogen-bond acceptors (Lipinski definition) is 0. The molecule has 0 aromatic heterocycles.